The van der Waals surface area contributed by atoms with Crippen molar-refractivity contribution in [1.29, 1.82) is 0 Å². The topological polar surface area (TPSA) is 133 Å². The van der Waals surface area contributed by atoms with E-state index in [2.05, 4.69) is 24.1 Å². The van der Waals surface area contributed by atoms with Gasteiger partial charge in [-0.25, -0.2) is 9.48 Å². The van der Waals surface area contributed by atoms with Crippen LogP contribution in [0.2, 0.25) is 0 Å². The van der Waals surface area contributed by atoms with Gasteiger partial charge in [-0.1, -0.05) is 5.21 Å². The number of rotatable bonds is 7. The fraction of sp³-hybridized carbons (Fsp3) is 0.667. The summed E-state index contributed by atoms with van der Waals surface area (Å²) in [5, 5.41) is 26.6. The number of esters is 1. The molecular weight excluding hydrogens is 293 g/mol. The van der Waals surface area contributed by atoms with Crippen LogP contribution in [0.5, 0.6) is 0 Å². The molecule has 1 rings (SSSR count). The van der Waals surface area contributed by atoms with Crippen LogP contribution >= 0.6 is 7.60 Å². The second-order valence-corrected chi connectivity index (χ2v) is 6.04. The summed E-state index contributed by atoms with van der Waals surface area (Å²) in [4.78, 5) is 11.2. The van der Waals surface area contributed by atoms with Crippen LogP contribution in [0.4, 0.5) is 0 Å². The molecule has 0 radical (unpaired) electrons. The zero-order valence-electron chi connectivity index (χ0n) is 11.2. The van der Waals surface area contributed by atoms with Crippen molar-refractivity contribution >= 4 is 13.6 Å². The van der Waals surface area contributed by atoms with E-state index in [1.165, 1.54) is 13.3 Å². The third-order valence-corrected chi connectivity index (χ3v) is 4.49. The van der Waals surface area contributed by atoms with Gasteiger partial charge < -0.3 is 24.0 Å². The van der Waals surface area contributed by atoms with Crippen LogP contribution in [0.15, 0.2) is 6.20 Å². The standard InChI is InChI=1S/C9H16N3O7P/c1-17-8(14)6-4-12(11-10-6)5-7(13)9(15)20(16,18-2)19-3/h4,7,9,13,15H,5H2,1-3H3/t7-,9+/m0/s1. The quantitative estimate of drug-likeness (QED) is 0.492. The number of aromatic nitrogens is 3. The number of aliphatic hydroxyl groups excluding tert-OH is 2. The second kappa shape index (κ2) is 6.91. The van der Waals surface area contributed by atoms with Crippen molar-refractivity contribution in [3.05, 3.63) is 11.9 Å². The molecule has 11 heteroatoms. The minimum absolute atomic E-state index is 0.0594. The van der Waals surface area contributed by atoms with E-state index in [1.54, 1.807) is 0 Å². The van der Waals surface area contributed by atoms with Gasteiger partial charge in [0.1, 0.15) is 6.10 Å². The van der Waals surface area contributed by atoms with E-state index >= 15 is 0 Å². The van der Waals surface area contributed by atoms with E-state index in [1.807, 2.05) is 0 Å². The fourth-order valence-electron chi connectivity index (χ4n) is 1.37. The molecule has 0 saturated carbocycles. The number of carbonyl (C=O) groups is 1. The maximum atomic E-state index is 11.9. The van der Waals surface area contributed by atoms with E-state index in [0.717, 1.165) is 18.9 Å². The number of hydrogen-bond acceptors (Lipinski definition) is 9. The average molecular weight is 309 g/mol. The molecule has 0 saturated heterocycles. The number of carbonyl (C=O) groups excluding carboxylic acids is 1. The smallest absolute Gasteiger partial charge is 0.361 e. The van der Waals surface area contributed by atoms with E-state index in [9.17, 15) is 19.6 Å². The van der Waals surface area contributed by atoms with Crippen LogP contribution < -0.4 is 0 Å². The summed E-state index contributed by atoms with van der Waals surface area (Å²) in [6.45, 7) is -0.262. The Morgan fingerprint density at radius 2 is 2.00 bits per heavy atom. The fourth-order valence-corrected chi connectivity index (χ4v) is 2.47. The van der Waals surface area contributed by atoms with Gasteiger partial charge in [-0.2, -0.15) is 0 Å². The summed E-state index contributed by atoms with van der Waals surface area (Å²) >= 11 is 0. The van der Waals surface area contributed by atoms with E-state index in [-0.39, 0.29) is 12.2 Å². The lowest BCUT2D eigenvalue weighted by Crippen LogP contribution is -2.31. The molecule has 0 unspecified atom stereocenters. The summed E-state index contributed by atoms with van der Waals surface area (Å²) < 4.78 is 26.5. The molecule has 0 aliphatic carbocycles. The van der Waals surface area contributed by atoms with E-state index in [4.69, 9.17) is 0 Å². The molecule has 0 spiro atoms. The average Bonchev–Trinajstić information content (AvgIpc) is 2.93. The molecule has 0 aromatic carbocycles. The predicted octanol–water partition coefficient (Wildman–Crippen LogP) is -0.770. The molecule has 1 heterocycles. The summed E-state index contributed by atoms with van der Waals surface area (Å²) in [6.07, 6.45) is -0.278. The van der Waals surface area contributed by atoms with Crippen LogP contribution in [0.1, 0.15) is 10.5 Å². The first kappa shape index (κ1) is 16.7. The highest BCUT2D eigenvalue weighted by molar-refractivity contribution is 7.54. The lowest BCUT2D eigenvalue weighted by atomic mass is 10.4. The van der Waals surface area contributed by atoms with Gasteiger partial charge in [0.15, 0.2) is 11.5 Å². The number of hydrogen-bond donors (Lipinski definition) is 2. The Bertz CT molecular complexity index is 497. The molecule has 0 aliphatic heterocycles. The van der Waals surface area contributed by atoms with Crippen molar-refractivity contribution in [2.24, 2.45) is 0 Å². The minimum atomic E-state index is -3.83. The highest BCUT2D eigenvalue weighted by atomic mass is 31.2. The summed E-state index contributed by atoms with van der Waals surface area (Å²) in [5.41, 5.74) is -0.0594. The van der Waals surface area contributed by atoms with Crippen LogP contribution in [0, 0.1) is 0 Å². The van der Waals surface area contributed by atoms with Crippen LogP contribution in [-0.2, 0) is 24.9 Å². The second-order valence-electron chi connectivity index (χ2n) is 3.70. The largest absolute Gasteiger partial charge is 0.464 e. The zero-order valence-corrected chi connectivity index (χ0v) is 12.1. The lowest BCUT2D eigenvalue weighted by molar-refractivity contribution is 0.0330. The maximum absolute atomic E-state index is 11.9. The summed E-state index contributed by atoms with van der Waals surface area (Å²) in [7, 11) is -0.466. The number of methoxy groups -OCH3 is 1. The first-order valence-electron chi connectivity index (χ1n) is 5.43. The third-order valence-electron chi connectivity index (χ3n) is 2.48. The van der Waals surface area contributed by atoms with Gasteiger partial charge in [0.2, 0.25) is 0 Å². The van der Waals surface area contributed by atoms with E-state index in [0.29, 0.717) is 0 Å². The lowest BCUT2D eigenvalue weighted by Gasteiger charge is -2.23. The predicted molar refractivity (Wildman–Crippen MR) is 65.0 cm³/mol. The molecular formula is C9H16N3O7P. The molecule has 0 amide bonds. The van der Waals surface area contributed by atoms with Crippen LogP contribution in [-0.4, -0.2) is 64.5 Å². The van der Waals surface area contributed by atoms with Gasteiger partial charge in [-0.15, -0.1) is 5.10 Å². The number of aliphatic hydroxyl groups is 2. The Morgan fingerprint density at radius 1 is 1.40 bits per heavy atom. The van der Waals surface area contributed by atoms with Gasteiger partial charge >= 0.3 is 13.6 Å². The number of ether oxygens (including phenoxy) is 1. The first-order valence-corrected chi connectivity index (χ1v) is 7.05. The molecule has 114 valence electrons. The Labute approximate surface area is 114 Å². The Morgan fingerprint density at radius 3 is 2.50 bits per heavy atom. The Balaban J connectivity index is 2.75. The van der Waals surface area contributed by atoms with Crippen molar-refractivity contribution in [2.75, 3.05) is 21.3 Å². The third kappa shape index (κ3) is 3.62. The van der Waals surface area contributed by atoms with Crippen molar-refractivity contribution in [1.82, 2.24) is 15.0 Å². The normalized spacial score (nSPS) is 14.8. The van der Waals surface area contributed by atoms with Crippen molar-refractivity contribution < 1.29 is 33.4 Å². The van der Waals surface area contributed by atoms with Crippen molar-refractivity contribution in [2.45, 2.75) is 18.5 Å². The minimum Gasteiger partial charge on any atom is -0.464 e. The molecule has 1 aromatic rings. The molecule has 10 nitrogen and oxygen atoms in total. The molecule has 0 bridgehead atoms. The molecule has 0 fully saturated rings. The highest BCUT2D eigenvalue weighted by Crippen LogP contribution is 2.51. The summed E-state index contributed by atoms with van der Waals surface area (Å²) in [5.74, 6) is -2.45. The van der Waals surface area contributed by atoms with Gasteiger partial charge in [-0.3, -0.25) is 4.57 Å². The zero-order chi connectivity index (χ0) is 15.3. The maximum Gasteiger partial charge on any atom is 0.361 e. The molecule has 1 aromatic heterocycles. The van der Waals surface area contributed by atoms with E-state index < -0.39 is 25.5 Å². The monoisotopic (exact) mass is 309 g/mol. The first-order chi connectivity index (χ1) is 9.37. The summed E-state index contributed by atoms with van der Waals surface area (Å²) in [6, 6.07) is 0. The number of nitrogens with zero attached hydrogens (tertiary/aromatic N) is 3. The van der Waals surface area contributed by atoms with Gasteiger partial charge in [-0.05, 0) is 0 Å². The van der Waals surface area contributed by atoms with Crippen LogP contribution in [0.3, 0.4) is 0 Å². The molecule has 0 aliphatic rings. The molecule has 20 heavy (non-hydrogen) atoms. The van der Waals surface area contributed by atoms with Gasteiger partial charge in [0.05, 0.1) is 19.9 Å². The van der Waals surface area contributed by atoms with Crippen molar-refractivity contribution in [3.63, 3.8) is 0 Å². The van der Waals surface area contributed by atoms with Gasteiger partial charge in [0, 0.05) is 14.2 Å². The van der Waals surface area contributed by atoms with Gasteiger partial charge in [0.25, 0.3) is 0 Å². The molecule has 2 N–H and O–H groups in total. The Hall–Kier alpha value is -1.32. The SMILES string of the molecule is COC(=O)c1cn(C[C@H](O)[C@H](O)P(=O)(OC)OC)nn1. The molecule has 2 atom stereocenters. The highest BCUT2D eigenvalue weighted by Gasteiger charge is 2.38. The Kier molecular flexibility index (Phi) is 5.78. The van der Waals surface area contributed by atoms with Crippen LogP contribution in [0.25, 0.3) is 0 Å². The van der Waals surface area contributed by atoms with Crippen molar-refractivity contribution in [3.8, 4) is 0 Å².